The van der Waals surface area contributed by atoms with Gasteiger partial charge in [0.1, 0.15) is 5.82 Å². The van der Waals surface area contributed by atoms with Gasteiger partial charge in [-0.2, -0.15) is 0 Å². The Kier molecular flexibility index (Phi) is 5.16. The number of halogens is 1. The zero-order chi connectivity index (χ0) is 14.5. The highest BCUT2D eigenvalue weighted by atomic mass is 19.1. The minimum Gasteiger partial charge on any atom is -0.338 e. The van der Waals surface area contributed by atoms with E-state index < -0.39 is 0 Å². The molecule has 1 aromatic carbocycles. The Morgan fingerprint density at radius 1 is 1.30 bits per heavy atom. The molecule has 0 bridgehead atoms. The molecule has 1 aliphatic rings. The van der Waals surface area contributed by atoms with Crippen molar-refractivity contribution in [3.05, 3.63) is 35.6 Å². The fraction of sp³-hybridized carbons (Fsp3) is 0.588. The lowest BCUT2D eigenvalue weighted by Gasteiger charge is -2.23. The molecule has 0 aliphatic heterocycles. The van der Waals surface area contributed by atoms with Crippen molar-refractivity contribution in [2.24, 2.45) is 11.8 Å². The SMILES string of the molecule is CCCCCN(Cc1ccc(F)cc1)C(=O)C1CC1C. The minimum atomic E-state index is -0.228. The number of rotatable bonds is 7. The van der Waals surface area contributed by atoms with Crippen molar-refractivity contribution in [1.82, 2.24) is 4.90 Å². The summed E-state index contributed by atoms with van der Waals surface area (Å²) in [7, 11) is 0. The van der Waals surface area contributed by atoms with Gasteiger partial charge in [0, 0.05) is 19.0 Å². The van der Waals surface area contributed by atoms with Crippen LogP contribution in [0.2, 0.25) is 0 Å². The monoisotopic (exact) mass is 277 g/mol. The second-order valence-corrected chi connectivity index (χ2v) is 5.91. The highest BCUT2D eigenvalue weighted by molar-refractivity contribution is 5.81. The van der Waals surface area contributed by atoms with Gasteiger partial charge in [0.05, 0.1) is 0 Å². The van der Waals surface area contributed by atoms with E-state index in [4.69, 9.17) is 0 Å². The molecular formula is C17H24FNO. The van der Waals surface area contributed by atoms with E-state index in [9.17, 15) is 9.18 Å². The molecule has 1 aromatic rings. The Balaban J connectivity index is 1.97. The highest BCUT2D eigenvalue weighted by Gasteiger charge is 2.41. The largest absolute Gasteiger partial charge is 0.338 e. The van der Waals surface area contributed by atoms with E-state index in [1.165, 1.54) is 12.1 Å². The molecule has 3 heteroatoms. The number of carbonyl (C=O) groups excluding carboxylic acids is 1. The van der Waals surface area contributed by atoms with E-state index in [1.54, 1.807) is 12.1 Å². The van der Waals surface area contributed by atoms with Crippen molar-refractivity contribution in [3.63, 3.8) is 0 Å². The summed E-state index contributed by atoms with van der Waals surface area (Å²) in [5.74, 6) is 0.799. The molecule has 0 spiro atoms. The normalized spacial score (nSPS) is 20.8. The first-order chi connectivity index (χ1) is 9.61. The van der Waals surface area contributed by atoms with Crippen LogP contribution in [0.15, 0.2) is 24.3 Å². The van der Waals surface area contributed by atoms with Crippen molar-refractivity contribution in [1.29, 1.82) is 0 Å². The first kappa shape index (κ1) is 15.0. The zero-order valence-electron chi connectivity index (χ0n) is 12.4. The third kappa shape index (κ3) is 4.06. The number of hydrogen-bond acceptors (Lipinski definition) is 1. The van der Waals surface area contributed by atoms with Crippen LogP contribution in [-0.4, -0.2) is 17.4 Å². The Labute approximate surface area is 121 Å². The molecular weight excluding hydrogens is 253 g/mol. The minimum absolute atomic E-state index is 0.220. The maximum atomic E-state index is 12.9. The van der Waals surface area contributed by atoms with Crippen LogP contribution in [0.25, 0.3) is 0 Å². The van der Waals surface area contributed by atoms with Gasteiger partial charge >= 0.3 is 0 Å². The molecule has 2 unspecified atom stereocenters. The second-order valence-electron chi connectivity index (χ2n) is 5.91. The van der Waals surface area contributed by atoms with Gasteiger partial charge in [0.25, 0.3) is 0 Å². The number of carbonyl (C=O) groups is 1. The van der Waals surface area contributed by atoms with Crippen LogP contribution in [0.5, 0.6) is 0 Å². The maximum absolute atomic E-state index is 12.9. The molecule has 2 atom stereocenters. The second kappa shape index (κ2) is 6.87. The van der Waals surface area contributed by atoms with E-state index in [2.05, 4.69) is 13.8 Å². The van der Waals surface area contributed by atoms with Gasteiger partial charge in [-0.25, -0.2) is 4.39 Å². The Hall–Kier alpha value is -1.38. The lowest BCUT2D eigenvalue weighted by Crippen LogP contribution is -2.33. The average Bonchev–Trinajstić information content (AvgIpc) is 3.16. The fourth-order valence-electron chi connectivity index (χ4n) is 2.53. The van der Waals surface area contributed by atoms with Crippen LogP contribution >= 0.6 is 0 Å². The average molecular weight is 277 g/mol. The first-order valence-corrected chi connectivity index (χ1v) is 7.65. The van der Waals surface area contributed by atoms with E-state index in [1.807, 2.05) is 4.90 Å². The van der Waals surface area contributed by atoms with E-state index in [0.717, 1.165) is 37.8 Å². The fourth-order valence-corrected chi connectivity index (χ4v) is 2.53. The summed E-state index contributed by atoms with van der Waals surface area (Å²) in [4.78, 5) is 14.4. The summed E-state index contributed by atoms with van der Waals surface area (Å²) in [6.45, 7) is 5.71. The molecule has 1 aliphatic carbocycles. The molecule has 20 heavy (non-hydrogen) atoms. The van der Waals surface area contributed by atoms with E-state index >= 15 is 0 Å². The van der Waals surface area contributed by atoms with Crippen molar-refractivity contribution >= 4 is 5.91 Å². The van der Waals surface area contributed by atoms with Crippen LogP contribution in [-0.2, 0) is 11.3 Å². The molecule has 2 rings (SSSR count). The van der Waals surface area contributed by atoms with Crippen LogP contribution in [0.1, 0.15) is 45.1 Å². The van der Waals surface area contributed by atoms with Gasteiger partial charge in [0.2, 0.25) is 5.91 Å². The predicted molar refractivity (Wildman–Crippen MR) is 78.6 cm³/mol. The molecule has 0 heterocycles. The van der Waals surface area contributed by atoms with E-state index in [-0.39, 0.29) is 17.6 Å². The lowest BCUT2D eigenvalue weighted by molar-refractivity contribution is -0.133. The third-order valence-electron chi connectivity index (χ3n) is 4.06. The van der Waals surface area contributed by atoms with Crippen molar-refractivity contribution in [3.8, 4) is 0 Å². The smallest absolute Gasteiger partial charge is 0.226 e. The van der Waals surface area contributed by atoms with Crippen LogP contribution < -0.4 is 0 Å². The van der Waals surface area contributed by atoms with E-state index in [0.29, 0.717) is 12.5 Å². The summed E-state index contributed by atoms with van der Waals surface area (Å²) in [5.41, 5.74) is 1.00. The van der Waals surface area contributed by atoms with Crippen molar-refractivity contribution in [2.75, 3.05) is 6.54 Å². The molecule has 0 saturated heterocycles. The first-order valence-electron chi connectivity index (χ1n) is 7.65. The van der Waals surface area contributed by atoms with Crippen molar-refractivity contribution < 1.29 is 9.18 Å². The Bertz CT molecular complexity index is 443. The summed E-state index contributed by atoms with van der Waals surface area (Å²) in [5, 5.41) is 0. The van der Waals surface area contributed by atoms with Crippen LogP contribution in [0.4, 0.5) is 4.39 Å². The van der Waals surface area contributed by atoms with Gasteiger partial charge in [-0.1, -0.05) is 38.8 Å². The molecule has 1 amide bonds. The lowest BCUT2D eigenvalue weighted by atomic mass is 10.1. The molecule has 110 valence electrons. The topological polar surface area (TPSA) is 20.3 Å². The quantitative estimate of drug-likeness (QED) is 0.690. The Morgan fingerprint density at radius 3 is 2.50 bits per heavy atom. The number of hydrogen-bond donors (Lipinski definition) is 0. The number of amides is 1. The zero-order valence-corrected chi connectivity index (χ0v) is 12.4. The summed E-state index contributed by atoms with van der Waals surface area (Å²) in [6.07, 6.45) is 4.36. The maximum Gasteiger partial charge on any atom is 0.226 e. The van der Waals surface area contributed by atoms with Gasteiger partial charge in [0.15, 0.2) is 0 Å². The number of nitrogens with zero attached hydrogens (tertiary/aromatic N) is 1. The van der Waals surface area contributed by atoms with Gasteiger partial charge in [-0.05, 0) is 36.5 Å². The summed E-state index contributed by atoms with van der Waals surface area (Å²) >= 11 is 0. The molecule has 1 saturated carbocycles. The highest BCUT2D eigenvalue weighted by Crippen LogP contribution is 2.39. The van der Waals surface area contributed by atoms with Crippen molar-refractivity contribution in [2.45, 2.75) is 46.1 Å². The van der Waals surface area contributed by atoms with Crippen LogP contribution in [0, 0.1) is 17.7 Å². The molecule has 1 fully saturated rings. The standard InChI is InChI=1S/C17H24FNO/c1-3-4-5-10-19(17(20)16-11-13(16)2)12-14-6-8-15(18)9-7-14/h6-9,13,16H,3-5,10-12H2,1-2H3. The number of benzene rings is 1. The number of unbranched alkanes of at least 4 members (excludes halogenated alkanes) is 2. The molecule has 0 radical (unpaired) electrons. The van der Waals surface area contributed by atoms with Gasteiger partial charge in [-0.15, -0.1) is 0 Å². The predicted octanol–water partition coefficient (Wildman–Crippen LogP) is 4.00. The molecule has 0 aromatic heterocycles. The third-order valence-corrected chi connectivity index (χ3v) is 4.06. The summed E-state index contributed by atoms with van der Waals surface area (Å²) in [6, 6.07) is 6.46. The van der Waals surface area contributed by atoms with Crippen LogP contribution in [0.3, 0.4) is 0 Å². The molecule has 0 N–H and O–H groups in total. The van der Waals surface area contributed by atoms with Gasteiger partial charge in [-0.3, -0.25) is 4.79 Å². The van der Waals surface area contributed by atoms with Gasteiger partial charge < -0.3 is 4.90 Å². The summed E-state index contributed by atoms with van der Waals surface area (Å²) < 4.78 is 12.9. The Morgan fingerprint density at radius 2 is 1.95 bits per heavy atom. The molecule has 2 nitrogen and oxygen atoms in total.